The first kappa shape index (κ1) is 14.9. The van der Waals surface area contributed by atoms with Gasteiger partial charge in [0.15, 0.2) is 0 Å². The molecule has 8 nitrogen and oxygen atoms in total. The number of rotatable bonds is 5. The standard InChI is InChI=1S/C11H17N3O5/c1-6(2)9(10(17)18)12-7(15)4-14-8(16)5-13(3)11(14)19/h6,9H,4-5H2,1-3H3,(H,12,15)(H,17,18)/t9-/m1/s1. The summed E-state index contributed by atoms with van der Waals surface area (Å²) in [6.07, 6.45) is 0. The smallest absolute Gasteiger partial charge is 0.327 e. The van der Waals surface area contributed by atoms with Gasteiger partial charge in [-0.3, -0.25) is 14.5 Å². The van der Waals surface area contributed by atoms with Crippen molar-refractivity contribution in [3.05, 3.63) is 0 Å². The number of carbonyl (C=O) groups excluding carboxylic acids is 3. The Balaban J connectivity index is 2.63. The quantitative estimate of drug-likeness (QED) is 0.630. The average Bonchev–Trinajstić information content (AvgIpc) is 2.52. The fraction of sp³-hybridized carbons (Fsp3) is 0.636. The van der Waals surface area contributed by atoms with Gasteiger partial charge >= 0.3 is 12.0 Å². The second-order valence-electron chi connectivity index (χ2n) is 4.75. The first-order chi connectivity index (χ1) is 8.73. The minimum atomic E-state index is -1.15. The molecule has 0 bridgehead atoms. The molecule has 0 saturated carbocycles. The Labute approximate surface area is 110 Å². The Morgan fingerprint density at radius 3 is 2.32 bits per heavy atom. The number of urea groups is 1. The number of nitrogens with one attached hydrogen (secondary N) is 1. The van der Waals surface area contributed by atoms with E-state index in [1.807, 2.05) is 0 Å². The van der Waals surface area contributed by atoms with Crippen LogP contribution in [0, 0.1) is 5.92 Å². The number of imide groups is 1. The van der Waals surface area contributed by atoms with E-state index < -0.39 is 36.4 Å². The van der Waals surface area contributed by atoms with Gasteiger partial charge in [-0.2, -0.15) is 0 Å². The highest BCUT2D eigenvalue weighted by molar-refractivity contribution is 6.04. The van der Waals surface area contributed by atoms with Crippen molar-refractivity contribution in [2.45, 2.75) is 19.9 Å². The second kappa shape index (κ2) is 5.68. The number of likely N-dealkylation sites (N-methyl/N-ethyl adjacent to an activating group) is 1. The van der Waals surface area contributed by atoms with Crippen LogP contribution in [-0.2, 0) is 14.4 Å². The van der Waals surface area contributed by atoms with Gasteiger partial charge in [-0.05, 0) is 5.92 Å². The Kier molecular flexibility index (Phi) is 4.47. The summed E-state index contributed by atoms with van der Waals surface area (Å²) in [5.41, 5.74) is 0. The van der Waals surface area contributed by atoms with Gasteiger partial charge in [0.25, 0.3) is 5.91 Å². The molecule has 0 aromatic rings. The Morgan fingerprint density at radius 2 is 1.95 bits per heavy atom. The van der Waals surface area contributed by atoms with Crippen LogP contribution in [0.1, 0.15) is 13.8 Å². The number of nitrogens with zero attached hydrogens (tertiary/aromatic N) is 2. The van der Waals surface area contributed by atoms with E-state index in [0.717, 1.165) is 4.90 Å². The van der Waals surface area contributed by atoms with Gasteiger partial charge in [0, 0.05) is 7.05 Å². The molecule has 19 heavy (non-hydrogen) atoms. The first-order valence-electron chi connectivity index (χ1n) is 5.81. The molecule has 0 aromatic carbocycles. The maximum atomic E-state index is 11.7. The normalized spacial score (nSPS) is 17.1. The van der Waals surface area contributed by atoms with Crippen molar-refractivity contribution in [3.8, 4) is 0 Å². The van der Waals surface area contributed by atoms with Crippen LogP contribution in [0.3, 0.4) is 0 Å². The van der Waals surface area contributed by atoms with Gasteiger partial charge < -0.3 is 15.3 Å². The van der Waals surface area contributed by atoms with Crippen LogP contribution in [-0.4, -0.2) is 64.9 Å². The van der Waals surface area contributed by atoms with E-state index in [1.165, 1.54) is 11.9 Å². The molecule has 1 aliphatic heterocycles. The molecule has 0 radical (unpaired) electrons. The number of aliphatic carboxylic acids is 1. The Bertz CT molecular complexity index is 421. The molecule has 8 heteroatoms. The SMILES string of the molecule is CC(C)[C@@H](NC(=O)CN1C(=O)CN(C)C1=O)C(=O)O. The maximum Gasteiger partial charge on any atom is 0.327 e. The summed E-state index contributed by atoms with van der Waals surface area (Å²) in [5.74, 6) is -2.59. The average molecular weight is 271 g/mol. The molecule has 1 rings (SSSR count). The predicted molar refractivity (Wildman–Crippen MR) is 64.1 cm³/mol. The van der Waals surface area contributed by atoms with Crippen molar-refractivity contribution in [2.75, 3.05) is 20.1 Å². The van der Waals surface area contributed by atoms with E-state index in [1.54, 1.807) is 13.8 Å². The van der Waals surface area contributed by atoms with Crippen molar-refractivity contribution < 1.29 is 24.3 Å². The molecule has 1 saturated heterocycles. The third-order valence-electron chi connectivity index (χ3n) is 2.78. The minimum absolute atomic E-state index is 0.0708. The van der Waals surface area contributed by atoms with E-state index in [4.69, 9.17) is 5.11 Å². The van der Waals surface area contributed by atoms with Gasteiger partial charge in [-0.25, -0.2) is 9.59 Å². The summed E-state index contributed by atoms with van der Waals surface area (Å²) < 4.78 is 0. The molecule has 4 amide bonds. The third-order valence-corrected chi connectivity index (χ3v) is 2.78. The molecular formula is C11H17N3O5. The van der Waals surface area contributed by atoms with E-state index in [0.29, 0.717) is 0 Å². The van der Waals surface area contributed by atoms with Gasteiger partial charge in [0.2, 0.25) is 5.91 Å². The number of hydrogen-bond acceptors (Lipinski definition) is 4. The molecule has 0 aliphatic carbocycles. The van der Waals surface area contributed by atoms with Gasteiger partial charge in [0.1, 0.15) is 19.1 Å². The fourth-order valence-corrected chi connectivity index (χ4v) is 1.70. The molecule has 2 N–H and O–H groups in total. The van der Waals surface area contributed by atoms with Crippen molar-refractivity contribution >= 4 is 23.8 Å². The van der Waals surface area contributed by atoms with E-state index in [-0.39, 0.29) is 12.5 Å². The van der Waals surface area contributed by atoms with Crippen LogP contribution in [0.25, 0.3) is 0 Å². The second-order valence-corrected chi connectivity index (χ2v) is 4.75. The van der Waals surface area contributed by atoms with E-state index in [2.05, 4.69) is 5.32 Å². The van der Waals surface area contributed by atoms with Crippen molar-refractivity contribution in [2.24, 2.45) is 5.92 Å². The predicted octanol–water partition coefficient (Wildman–Crippen LogP) is -0.894. The first-order valence-corrected chi connectivity index (χ1v) is 5.81. The van der Waals surface area contributed by atoms with Crippen LogP contribution >= 0.6 is 0 Å². The fourth-order valence-electron chi connectivity index (χ4n) is 1.70. The molecule has 1 aliphatic rings. The zero-order valence-electron chi connectivity index (χ0n) is 11.0. The summed E-state index contributed by atoms with van der Waals surface area (Å²) in [7, 11) is 1.45. The van der Waals surface area contributed by atoms with Crippen LogP contribution in [0.15, 0.2) is 0 Å². The van der Waals surface area contributed by atoms with Crippen LogP contribution in [0.5, 0.6) is 0 Å². The summed E-state index contributed by atoms with van der Waals surface area (Å²) in [6, 6.07) is -1.60. The van der Waals surface area contributed by atoms with Gasteiger partial charge in [-0.1, -0.05) is 13.8 Å². The monoisotopic (exact) mass is 271 g/mol. The van der Waals surface area contributed by atoms with Gasteiger partial charge in [-0.15, -0.1) is 0 Å². The third kappa shape index (κ3) is 3.43. The topological polar surface area (TPSA) is 107 Å². The van der Waals surface area contributed by atoms with Crippen molar-refractivity contribution in [1.82, 2.24) is 15.1 Å². The highest BCUT2D eigenvalue weighted by Crippen LogP contribution is 2.08. The molecule has 0 unspecified atom stereocenters. The molecule has 0 aromatic heterocycles. The zero-order chi connectivity index (χ0) is 14.7. The molecule has 1 atom stereocenters. The lowest BCUT2D eigenvalue weighted by Gasteiger charge is -2.20. The van der Waals surface area contributed by atoms with Crippen molar-refractivity contribution in [1.29, 1.82) is 0 Å². The summed E-state index contributed by atoms with van der Waals surface area (Å²) in [4.78, 5) is 47.6. The zero-order valence-corrected chi connectivity index (χ0v) is 11.0. The largest absolute Gasteiger partial charge is 0.480 e. The summed E-state index contributed by atoms with van der Waals surface area (Å²) >= 11 is 0. The van der Waals surface area contributed by atoms with Crippen molar-refractivity contribution in [3.63, 3.8) is 0 Å². The number of carboxylic acid groups (broad SMARTS) is 1. The van der Waals surface area contributed by atoms with Crippen LogP contribution < -0.4 is 5.32 Å². The number of carboxylic acids is 1. The lowest BCUT2D eigenvalue weighted by molar-refractivity contribution is -0.143. The van der Waals surface area contributed by atoms with E-state index in [9.17, 15) is 19.2 Å². The highest BCUT2D eigenvalue weighted by atomic mass is 16.4. The molecular weight excluding hydrogens is 254 g/mol. The lowest BCUT2D eigenvalue weighted by atomic mass is 10.0. The van der Waals surface area contributed by atoms with E-state index >= 15 is 0 Å². The van der Waals surface area contributed by atoms with Crippen LogP contribution in [0.4, 0.5) is 4.79 Å². The lowest BCUT2D eigenvalue weighted by Crippen LogP contribution is -2.49. The Morgan fingerprint density at radius 1 is 1.37 bits per heavy atom. The Hall–Kier alpha value is -2.12. The van der Waals surface area contributed by atoms with Crippen LogP contribution in [0.2, 0.25) is 0 Å². The summed E-state index contributed by atoms with van der Waals surface area (Å²) in [6.45, 7) is 2.77. The molecule has 106 valence electrons. The minimum Gasteiger partial charge on any atom is -0.480 e. The van der Waals surface area contributed by atoms with Gasteiger partial charge in [0.05, 0.1) is 0 Å². The number of carbonyl (C=O) groups is 4. The number of hydrogen-bond donors (Lipinski definition) is 2. The molecule has 1 fully saturated rings. The number of amides is 4. The highest BCUT2D eigenvalue weighted by Gasteiger charge is 2.35. The maximum absolute atomic E-state index is 11.7. The molecule has 0 spiro atoms. The summed E-state index contributed by atoms with van der Waals surface area (Å²) in [5, 5.41) is 11.2. The molecule has 1 heterocycles.